The van der Waals surface area contributed by atoms with Crippen LogP contribution in [0.15, 0.2) is 30.8 Å². The fraction of sp³-hybridized carbons (Fsp3) is 0.100. The van der Waals surface area contributed by atoms with Gasteiger partial charge in [0.15, 0.2) is 0 Å². The first-order chi connectivity index (χ1) is 5.81. The zero-order valence-electron chi connectivity index (χ0n) is 6.99. The minimum atomic E-state index is 1.03. The minimum Gasteiger partial charge on any atom is -0.233 e. The van der Waals surface area contributed by atoms with E-state index < -0.39 is 0 Å². The SMILES string of the molecule is C=Cc1cccc2cc(C)nn12. The molecule has 2 heteroatoms. The van der Waals surface area contributed by atoms with Gasteiger partial charge in [-0.3, -0.25) is 0 Å². The Labute approximate surface area is 71.1 Å². The molecule has 0 aliphatic heterocycles. The average molecular weight is 158 g/mol. The Bertz CT molecular complexity index is 426. The van der Waals surface area contributed by atoms with E-state index in [0.29, 0.717) is 0 Å². The molecule has 2 aromatic rings. The van der Waals surface area contributed by atoms with Gasteiger partial charge in [-0.15, -0.1) is 0 Å². The molecule has 0 radical (unpaired) electrons. The predicted molar refractivity (Wildman–Crippen MR) is 50.0 cm³/mol. The largest absolute Gasteiger partial charge is 0.233 e. The number of hydrogen-bond donors (Lipinski definition) is 0. The monoisotopic (exact) mass is 158 g/mol. The van der Waals surface area contributed by atoms with Crippen LogP contribution in [0.4, 0.5) is 0 Å². The van der Waals surface area contributed by atoms with Crippen LogP contribution in [-0.2, 0) is 0 Å². The molecular formula is C10H10N2. The van der Waals surface area contributed by atoms with E-state index in [1.165, 1.54) is 0 Å². The van der Waals surface area contributed by atoms with Crippen LogP contribution in [-0.4, -0.2) is 9.61 Å². The van der Waals surface area contributed by atoms with Crippen LogP contribution >= 0.6 is 0 Å². The first-order valence-corrected chi connectivity index (χ1v) is 3.89. The van der Waals surface area contributed by atoms with Crippen molar-refractivity contribution in [2.45, 2.75) is 6.92 Å². The second-order valence-corrected chi connectivity index (χ2v) is 2.78. The van der Waals surface area contributed by atoms with Crippen LogP contribution in [0.25, 0.3) is 11.6 Å². The van der Waals surface area contributed by atoms with Crippen molar-refractivity contribution in [2.75, 3.05) is 0 Å². The Morgan fingerprint density at radius 2 is 2.33 bits per heavy atom. The fourth-order valence-electron chi connectivity index (χ4n) is 1.32. The van der Waals surface area contributed by atoms with E-state index in [1.54, 1.807) is 6.08 Å². The van der Waals surface area contributed by atoms with Gasteiger partial charge in [-0.05, 0) is 31.2 Å². The molecule has 0 N–H and O–H groups in total. The van der Waals surface area contributed by atoms with Crippen LogP contribution in [0.1, 0.15) is 11.4 Å². The summed E-state index contributed by atoms with van der Waals surface area (Å²) in [6.45, 7) is 5.72. The number of nitrogens with zero attached hydrogens (tertiary/aromatic N) is 2. The lowest BCUT2D eigenvalue weighted by Gasteiger charge is -1.96. The van der Waals surface area contributed by atoms with E-state index in [4.69, 9.17) is 0 Å². The van der Waals surface area contributed by atoms with Gasteiger partial charge in [-0.25, -0.2) is 4.52 Å². The maximum atomic E-state index is 4.33. The number of aryl methyl sites for hydroxylation is 1. The predicted octanol–water partition coefficient (Wildman–Crippen LogP) is 2.29. The summed E-state index contributed by atoms with van der Waals surface area (Å²) in [7, 11) is 0. The van der Waals surface area contributed by atoms with Crippen molar-refractivity contribution in [3.8, 4) is 0 Å². The third kappa shape index (κ3) is 0.925. The molecule has 0 saturated heterocycles. The number of hydrogen-bond acceptors (Lipinski definition) is 1. The zero-order valence-corrected chi connectivity index (χ0v) is 6.99. The van der Waals surface area contributed by atoms with Crippen molar-refractivity contribution >= 4 is 11.6 Å². The van der Waals surface area contributed by atoms with Gasteiger partial charge in [0.25, 0.3) is 0 Å². The third-order valence-corrected chi connectivity index (χ3v) is 1.85. The van der Waals surface area contributed by atoms with Crippen molar-refractivity contribution in [1.82, 2.24) is 9.61 Å². The highest BCUT2D eigenvalue weighted by Gasteiger charge is 1.98. The molecule has 0 aliphatic carbocycles. The Hall–Kier alpha value is -1.57. The molecule has 2 nitrogen and oxygen atoms in total. The quantitative estimate of drug-likeness (QED) is 0.622. The molecule has 0 bridgehead atoms. The van der Waals surface area contributed by atoms with E-state index in [9.17, 15) is 0 Å². The maximum Gasteiger partial charge on any atom is 0.0671 e. The minimum absolute atomic E-state index is 1.03. The van der Waals surface area contributed by atoms with Gasteiger partial charge >= 0.3 is 0 Å². The van der Waals surface area contributed by atoms with Gasteiger partial charge < -0.3 is 0 Å². The van der Waals surface area contributed by atoms with Crippen molar-refractivity contribution < 1.29 is 0 Å². The highest BCUT2D eigenvalue weighted by atomic mass is 15.2. The Morgan fingerprint density at radius 3 is 3.08 bits per heavy atom. The summed E-state index contributed by atoms with van der Waals surface area (Å²) in [6, 6.07) is 8.08. The number of rotatable bonds is 1. The van der Waals surface area contributed by atoms with E-state index in [2.05, 4.69) is 11.7 Å². The van der Waals surface area contributed by atoms with Crippen LogP contribution in [0.2, 0.25) is 0 Å². The maximum absolute atomic E-state index is 4.33. The number of pyridine rings is 1. The molecule has 0 fully saturated rings. The Balaban J connectivity index is 2.86. The molecule has 60 valence electrons. The summed E-state index contributed by atoms with van der Waals surface area (Å²) < 4.78 is 1.89. The van der Waals surface area contributed by atoms with Crippen molar-refractivity contribution in [3.05, 3.63) is 42.2 Å². The number of aromatic nitrogens is 2. The van der Waals surface area contributed by atoms with Gasteiger partial charge in [-0.1, -0.05) is 12.6 Å². The van der Waals surface area contributed by atoms with Crippen molar-refractivity contribution in [1.29, 1.82) is 0 Å². The molecule has 12 heavy (non-hydrogen) atoms. The topological polar surface area (TPSA) is 17.3 Å². The van der Waals surface area contributed by atoms with Crippen LogP contribution in [0.5, 0.6) is 0 Å². The molecule has 0 amide bonds. The standard InChI is InChI=1S/C10H10N2/c1-3-9-5-4-6-10-7-8(2)11-12(9)10/h3-7H,1H2,2H3. The fourth-order valence-corrected chi connectivity index (χ4v) is 1.32. The highest BCUT2D eigenvalue weighted by molar-refractivity contribution is 5.54. The molecule has 0 atom stereocenters. The van der Waals surface area contributed by atoms with Gasteiger partial charge in [0.05, 0.1) is 16.9 Å². The summed E-state index contributed by atoms with van der Waals surface area (Å²) in [6.07, 6.45) is 1.80. The Kier molecular flexibility index (Phi) is 1.47. The Morgan fingerprint density at radius 1 is 1.50 bits per heavy atom. The van der Waals surface area contributed by atoms with E-state index in [1.807, 2.05) is 35.7 Å². The van der Waals surface area contributed by atoms with Crippen molar-refractivity contribution in [3.63, 3.8) is 0 Å². The van der Waals surface area contributed by atoms with Crippen LogP contribution in [0.3, 0.4) is 0 Å². The summed E-state index contributed by atoms with van der Waals surface area (Å²) in [5.41, 5.74) is 3.18. The highest BCUT2D eigenvalue weighted by Crippen LogP contribution is 2.09. The molecular weight excluding hydrogens is 148 g/mol. The lowest BCUT2D eigenvalue weighted by molar-refractivity contribution is 0.923. The molecule has 2 aromatic heterocycles. The summed E-state index contributed by atoms with van der Waals surface area (Å²) in [5.74, 6) is 0. The second kappa shape index (κ2) is 2.48. The summed E-state index contributed by atoms with van der Waals surface area (Å²) in [4.78, 5) is 0. The van der Waals surface area contributed by atoms with Gasteiger partial charge in [0, 0.05) is 0 Å². The van der Waals surface area contributed by atoms with E-state index in [0.717, 1.165) is 16.9 Å². The summed E-state index contributed by atoms with van der Waals surface area (Å²) in [5, 5.41) is 4.33. The lowest BCUT2D eigenvalue weighted by atomic mass is 10.3. The first-order valence-electron chi connectivity index (χ1n) is 3.89. The molecule has 0 aliphatic rings. The van der Waals surface area contributed by atoms with Crippen molar-refractivity contribution in [2.24, 2.45) is 0 Å². The van der Waals surface area contributed by atoms with Crippen LogP contribution < -0.4 is 0 Å². The third-order valence-electron chi connectivity index (χ3n) is 1.85. The van der Waals surface area contributed by atoms with Crippen LogP contribution in [0, 0.1) is 6.92 Å². The van der Waals surface area contributed by atoms with Gasteiger partial charge in [0.1, 0.15) is 0 Å². The smallest absolute Gasteiger partial charge is 0.0671 e. The molecule has 0 spiro atoms. The zero-order chi connectivity index (χ0) is 8.55. The van der Waals surface area contributed by atoms with E-state index >= 15 is 0 Å². The van der Waals surface area contributed by atoms with E-state index in [-0.39, 0.29) is 0 Å². The second-order valence-electron chi connectivity index (χ2n) is 2.78. The molecule has 0 aromatic carbocycles. The lowest BCUT2D eigenvalue weighted by Crippen LogP contribution is -1.91. The molecule has 2 heterocycles. The summed E-state index contributed by atoms with van der Waals surface area (Å²) >= 11 is 0. The molecule has 2 rings (SSSR count). The molecule has 0 unspecified atom stereocenters. The molecule has 0 saturated carbocycles. The van der Waals surface area contributed by atoms with Gasteiger partial charge in [0.2, 0.25) is 0 Å². The number of fused-ring (bicyclic) bond motifs is 1. The normalized spacial score (nSPS) is 10.4. The van der Waals surface area contributed by atoms with Gasteiger partial charge in [-0.2, -0.15) is 5.10 Å². The first kappa shape index (κ1) is 7.10. The average Bonchev–Trinajstić information content (AvgIpc) is 2.44.